The van der Waals surface area contributed by atoms with Gasteiger partial charge in [0, 0.05) is 16.0 Å². The van der Waals surface area contributed by atoms with Gasteiger partial charge in [-0.15, -0.1) is 11.8 Å². The number of carbonyl (C=O) groups excluding carboxylic acids is 1. The second kappa shape index (κ2) is 5.19. The quantitative estimate of drug-likeness (QED) is 0.599. The van der Waals surface area contributed by atoms with Gasteiger partial charge in [-0.2, -0.15) is 0 Å². The molecule has 0 N–H and O–H groups in total. The highest BCUT2D eigenvalue weighted by atomic mass is 32.2. The number of hydrogen-bond donors (Lipinski definition) is 0. The Morgan fingerprint density at radius 3 is 2.41 bits per heavy atom. The van der Waals surface area contributed by atoms with Gasteiger partial charge in [0.25, 0.3) is 0 Å². The molecule has 2 rings (SSSR count). The zero-order valence-corrected chi connectivity index (χ0v) is 10.8. The van der Waals surface area contributed by atoms with E-state index < -0.39 is 0 Å². The Hall–Kier alpha value is -1.54. The molecule has 1 nitrogen and oxygen atoms in total. The Kier molecular flexibility index (Phi) is 3.64. The molecule has 0 saturated heterocycles. The number of aryl methyl sites for hydroxylation is 1. The second-order valence-electron chi connectivity index (χ2n) is 3.90. The summed E-state index contributed by atoms with van der Waals surface area (Å²) in [6, 6.07) is 15.4. The van der Waals surface area contributed by atoms with E-state index >= 15 is 0 Å². The Bertz CT molecular complexity index is 532. The van der Waals surface area contributed by atoms with Crippen LogP contribution < -0.4 is 0 Å². The third-order valence-electron chi connectivity index (χ3n) is 2.64. The number of carbonyl (C=O) groups is 1. The van der Waals surface area contributed by atoms with Crippen LogP contribution in [0.15, 0.2) is 53.4 Å². The van der Waals surface area contributed by atoms with Crippen LogP contribution in [0.3, 0.4) is 0 Å². The molecule has 2 aromatic rings. The second-order valence-corrected chi connectivity index (χ2v) is 4.75. The van der Waals surface area contributed by atoms with E-state index in [-0.39, 0.29) is 5.78 Å². The van der Waals surface area contributed by atoms with Gasteiger partial charge in [-0.05, 0) is 30.9 Å². The maximum absolute atomic E-state index is 12.3. The maximum atomic E-state index is 12.3. The van der Waals surface area contributed by atoms with Crippen molar-refractivity contribution in [1.29, 1.82) is 0 Å². The number of rotatable bonds is 3. The molecule has 0 aliphatic rings. The number of ketones is 1. The SMILES string of the molecule is CSc1cc(C)ccc1C(=O)c1ccccc1. The topological polar surface area (TPSA) is 17.1 Å². The fraction of sp³-hybridized carbons (Fsp3) is 0.133. The summed E-state index contributed by atoms with van der Waals surface area (Å²) in [6.45, 7) is 2.04. The lowest BCUT2D eigenvalue weighted by atomic mass is 10.0. The van der Waals surface area contributed by atoms with Crippen LogP contribution in [0.4, 0.5) is 0 Å². The van der Waals surface area contributed by atoms with E-state index in [4.69, 9.17) is 0 Å². The van der Waals surface area contributed by atoms with E-state index in [0.29, 0.717) is 0 Å². The molecule has 0 fully saturated rings. The number of hydrogen-bond acceptors (Lipinski definition) is 2. The van der Waals surface area contributed by atoms with E-state index in [9.17, 15) is 4.79 Å². The fourth-order valence-corrected chi connectivity index (χ4v) is 2.42. The molecule has 0 bridgehead atoms. The number of thioether (sulfide) groups is 1. The summed E-state index contributed by atoms with van der Waals surface area (Å²) < 4.78 is 0. The molecule has 0 aliphatic heterocycles. The van der Waals surface area contributed by atoms with Crippen LogP contribution in [0, 0.1) is 6.92 Å². The Balaban J connectivity index is 2.44. The monoisotopic (exact) mass is 242 g/mol. The summed E-state index contributed by atoms with van der Waals surface area (Å²) in [5.41, 5.74) is 2.71. The van der Waals surface area contributed by atoms with Gasteiger partial charge >= 0.3 is 0 Å². The highest BCUT2D eigenvalue weighted by Crippen LogP contribution is 2.24. The van der Waals surface area contributed by atoms with Gasteiger partial charge in [0.2, 0.25) is 0 Å². The summed E-state index contributed by atoms with van der Waals surface area (Å²) in [7, 11) is 0. The fourth-order valence-electron chi connectivity index (χ4n) is 1.73. The summed E-state index contributed by atoms with van der Waals surface area (Å²) in [5.74, 6) is 0.0925. The number of benzene rings is 2. The van der Waals surface area contributed by atoms with Crippen molar-refractivity contribution in [3.05, 3.63) is 65.2 Å². The largest absolute Gasteiger partial charge is 0.289 e. The summed E-state index contributed by atoms with van der Waals surface area (Å²) >= 11 is 1.61. The Labute approximate surface area is 106 Å². The summed E-state index contributed by atoms with van der Waals surface area (Å²) in [4.78, 5) is 13.4. The molecule has 0 aliphatic carbocycles. The molecule has 0 atom stereocenters. The summed E-state index contributed by atoms with van der Waals surface area (Å²) in [5, 5.41) is 0. The van der Waals surface area contributed by atoms with Gasteiger partial charge in [-0.1, -0.05) is 36.4 Å². The zero-order chi connectivity index (χ0) is 12.3. The van der Waals surface area contributed by atoms with E-state index in [2.05, 4.69) is 6.07 Å². The maximum Gasteiger partial charge on any atom is 0.194 e. The molecule has 86 valence electrons. The Morgan fingerprint density at radius 2 is 1.76 bits per heavy atom. The van der Waals surface area contributed by atoms with E-state index in [1.54, 1.807) is 11.8 Å². The minimum Gasteiger partial charge on any atom is -0.289 e. The van der Waals surface area contributed by atoms with Crippen LogP contribution >= 0.6 is 11.8 Å². The lowest BCUT2D eigenvalue weighted by molar-refractivity contribution is 0.103. The average molecular weight is 242 g/mol. The molecule has 0 amide bonds. The van der Waals surface area contributed by atoms with Gasteiger partial charge in [0.05, 0.1) is 0 Å². The van der Waals surface area contributed by atoms with Crippen molar-refractivity contribution in [2.24, 2.45) is 0 Å². The molecule has 0 heterocycles. The van der Waals surface area contributed by atoms with Gasteiger partial charge in [0.15, 0.2) is 5.78 Å². The van der Waals surface area contributed by atoms with Crippen molar-refractivity contribution in [1.82, 2.24) is 0 Å². The summed E-state index contributed by atoms with van der Waals surface area (Å²) in [6.07, 6.45) is 2.00. The van der Waals surface area contributed by atoms with Crippen molar-refractivity contribution in [3.8, 4) is 0 Å². The van der Waals surface area contributed by atoms with Crippen LogP contribution in [0.5, 0.6) is 0 Å². The molecule has 0 saturated carbocycles. The van der Waals surface area contributed by atoms with Gasteiger partial charge in [-0.25, -0.2) is 0 Å². The van der Waals surface area contributed by atoms with Crippen LogP contribution in [0.25, 0.3) is 0 Å². The van der Waals surface area contributed by atoms with Crippen molar-refractivity contribution in [2.45, 2.75) is 11.8 Å². The third kappa shape index (κ3) is 2.59. The standard InChI is InChI=1S/C15H14OS/c1-11-8-9-13(14(10-11)17-2)15(16)12-6-4-3-5-7-12/h3-10H,1-2H3. The van der Waals surface area contributed by atoms with Gasteiger partial charge < -0.3 is 0 Å². The highest BCUT2D eigenvalue weighted by molar-refractivity contribution is 7.98. The Morgan fingerprint density at radius 1 is 1.06 bits per heavy atom. The van der Waals surface area contributed by atoms with Crippen LogP contribution in [-0.4, -0.2) is 12.0 Å². The van der Waals surface area contributed by atoms with Crippen molar-refractivity contribution in [2.75, 3.05) is 6.26 Å². The normalized spacial score (nSPS) is 10.2. The lowest BCUT2D eigenvalue weighted by Crippen LogP contribution is -2.02. The van der Waals surface area contributed by atoms with E-state index in [0.717, 1.165) is 16.0 Å². The van der Waals surface area contributed by atoms with Gasteiger partial charge in [-0.3, -0.25) is 4.79 Å². The minimum absolute atomic E-state index is 0.0925. The highest BCUT2D eigenvalue weighted by Gasteiger charge is 2.12. The lowest BCUT2D eigenvalue weighted by Gasteiger charge is -2.07. The van der Waals surface area contributed by atoms with Crippen molar-refractivity contribution in [3.63, 3.8) is 0 Å². The first-order valence-corrected chi connectivity index (χ1v) is 6.69. The molecule has 2 heteroatoms. The zero-order valence-electron chi connectivity index (χ0n) is 9.94. The molecule has 0 radical (unpaired) electrons. The predicted molar refractivity (Wildman–Crippen MR) is 72.8 cm³/mol. The third-order valence-corrected chi connectivity index (χ3v) is 3.42. The van der Waals surface area contributed by atoms with Crippen molar-refractivity contribution < 1.29 is 4.79 Å². The minimum atomic E-state index is 0.0925. The van der Waals surface area contributed by atoms with Crippen molar-refractivity contribution >= 4 is 17.5 Å². The molecule has 0 spiro atoms. The van der Waals surface area contributed by atoms with E-state index in [1.807, 2.05) is 55.6 Å². The van der Waals surface area contributed by atoms with Gasteiger partial charge in [0.1, 0.15) is 0 Å². The molecular formula is C15H14OS. The molecule has 0 aromatic heterocycles. The molecule has 0 unspecified atom stereocenters. The van der Waals surface area contributed by atoms with Crippen LogP contribution in [-0.2, 0) is 0 Å². The first-order chi connectivity index (χ1) is 8.22. The molecule has 17 heavy (non-hydrogen) atoms. The van der Waals surface area contributed by atoms with E-state index in [1.165, 1.54) is 5.56 Å². The first kappa shape index (κ1) is 11.9. The van der Waals surface area contributed by atoms with Crippen LogP contribution in [0.2, 0.25) is 0 Å². The average Bonchev–Trinajstić information content (AvgIpc) is 2.39. The van der Waals surface area contributed by atoms with Crippen LogP contribution in [0.1, 0.15) is 21.5 Å². The predicted octanol–water partition coefficient (Wildman–Crippen LogP) is 3.95. The smallest absolute Gasteiger partial charge is 0.194 e. The molecule has 2 aromatic carbocycles. The first-order valence-electron chi connectivity index (χ1n) is 5.47. The molecular weight excluding hydrogens is 228 g/mol.